The predicted molar refractivity (Wildman–Crippen MR) is 141 cm³/mol. The molecule has 1 aromatic heterocycles. The molecule has 5 rings (SSSR count). The summed E-state index contributed by atoms with van der Waals surface area (Å²) in [6.07, 6.45) is 2.34. The maximum atomic E-state index is 14.7. The molecule has 38 heavy (non-hydrogen) atoms. The van der Waals surface area contributed by atoms with Gasteiger partial charge in [0.25, 0.3) is 0 Å². The minimum atomic E-state index is -0.770. The maximum absolute atomic E-state index is 14.7. The summed E-state index contributed by atoms with van der Waals surface area (Å²) >= 11 is 1.42. The standard InChI is InChI=1S/C27H32FN5O4S/c1-5-37-26(35)21-20(13-33-11-9-18-25(34)32(3)14-27(18,15-33)36-4)30-23(24-29-10-12-38-24)31-22(21)17-7-6-8-19(28)16(17)2/h6-8,10,12,18,22H,5,9,11,13-15H2,1-4H3,(H,30,31)/t18-,22?,27+/m1/s1. The molecule has 0 radical (unpaired) electrons. The number of carbonyl (C=O) groups is 2. The van der Waals surface area contributed by atoms with Gasteiger partial charge in [0.15, 0.2) is 10.8 Å². The summed E-state index contributed by atoms with van der Waals surface area (Å²) in [6.45, 7) is 5.70. The Kier molecular flexibility index (Phi) is 7.34. The van der Waals surface area contributed by atoms with Crippen molar-refractivity contribution in [1.82, 2.24) is 20.1 Å². The lowest BCUT2D eigenvalue weighted by atomic mass is 9.83. The molecule has 9 nitrogen and oxygen atoms in total. The molecule has 0 bridgehead atoms. The second-order valence-electron chi connectivity index (χ2n) is 9.92. The number of aromatic nitrogens is 1. The summed E-state index contributed by atoms with van der Waals surface area (Å²) in [4.78, 5) is 39.4. The molecule has 3 atom stereocenters. The monoisotopic (exact) mass is 541 g/mol. The number of aliphatic imine (C=N–C) groups is 1. The van der Waals surface area contributed by atoms with E-state index in [1.165, 1.54) is 17.4 Å². The molecule has 11 heteroatoms. The Morgan fingerprint density at radius 1 is 1.34 bits per heavy atom. The van der Waals surface area contributed by atoms with Crippen LogP contribution in [-0.4, -0.2) is 85.0 Å². The highest BCUT2D eigenvalue weighted by Crippen LogP contribution is 2.39. The summed E-state index contributed by atoms with van der Waals surface area (Å²) in [6, 6.07) is 4.04. The van der Waals surface area contributed by atoms with Gasteiger partial charge >= 0.3 is 5.97 Å². The number of carbonyl (C=O) groups excluding carboxylic acids is 2. The highest BCUT2D eigenvalue weighted by molar-refractivity contribution is 7.11. The number of rotatable bonds is 7. The van der Waals surface area contributed by atoms with E-state index in [0.29, 0.717) is 65.8 Å². The molecule has 1 amide bonds. The van der Waals surface area contributed by atoms with Gasteiger partial charge in [0.1, 0.15) is 17.5 Å². The Balaban J connectivity index is 1.56. The van der Waals surface area contributed by atoms with Gasteiger partial charge in [-0.3, -0.25) is 14.7 Å². The minimum absolute atomic E-state index is 0.105. The Labute approximate surface area is 225 Å². The molecule has 2 fully saturated rings. The summed E-state index contributed by atoms with van der Waals surface area (Å²) in [7, 11) is 3.46. The van der Waals surface area contributed by atoms with E-state index in [0.717, 1.165) is 0 Å². The molecule has 2 saturated heterocycles. The average Bonchev–Trinajstić information content (AvgIpc) is 3.52. The van der Waals surface area contributed by atoms with Crippen LogP contribution in [0.15, 0.2) is 46.0 Å². The third-order valence-electron chi connectivity index (χ3n) is 7.69. The quantitative estimate of drug-likeness (QED) is 0.539. The van der Waals surface area contributed by atoms with Gasteiger partial charge in [-0.2, -0.15) is 0 Å². The predicted octanol–water partition coefficient (Wildman–Crippen LogP) is 2.68. The van der Waals surface area contributed by atoms with E-state index in [1.54, 1.807) is 51.2 Å². The highest BCUT2D eigenvalue weighted by atomic mass is 32.1. The first-order chi connectivity index (χ1) is 18.3. The first kappa shape index (κ1) is 26.5. The fraction of sp³-hybridized carbons (Fsp3) is 0.481. The Bertz CT molecular complexity index is 1300. The van der Waals surface area contributed by atoms with Crippen molar-refractivity contribution in [2.24, 2.45) is 10.9 Å². The second kappa shape index (κ2) is 10.5. The van der Waals surface area contributed by atoms with Crippen molar-refractivity contribution in [2.75, 3.05) is 46.9 Å². The number of amidine groups is 1. The number of ether oxygens (including phenoxy) is 2. The average molecular weight is 542 g/mol. The number of thiazole rings is 1. The molecule has 4 heterocycles. The molecule has 3 aliphatic rings. The van der Waals surface area contributed by atoms with Gasteiger partial charge in [0.2, 0.25) is 5.91 Å². The zero-order chi connectivity index (χ0) is 27.0. The summed E-state index contributed by atoms with van der Waals surface area (Å²) < 4.78 is 26.1. The third kappa shape index (κ3) is 4.63. The number of halogens is 1. The van der Waals surface area contributed by atoms with Gasteiger partial charge in [-0.15, -0.1) is 11.3 Å². The van der Waals surface area contributed by atoms with Crippen molar-refractivity contribution < 1.29 is 23.5 Å². The van der Waals surface area contributed by atoms with Gasteiger partial charge < -0.3 is 19.7 Å². The number of likely N-dealkylation sites (tertiary alicyclic amines) is 2. The van der Waals surface area contributed by atoms with Crippen molar-refractivity contribution >= 4 is 29.0 Å². The molecule has 202 valence electrons. The van der Waals surface area contributed by atoms with E-state index in [4.69, 9.17) is 14.5 Å². The normalized spacial score (nSPS) is 25.8. The smallest absolute Gasteiger partial charge is 0.338 e. The number of amides is 1. The topological polar surface area (TPSA) is 96.4 Å². The molecular formula is C27H32FN5O4S. The molecule has 1 N–H and O–H groups in total. The minimum Gasteiger partial charge on any atom is -0.463 e. The number of hydrogen-bond donors (Lipinski definition) is 1. The lowest BCUT2D eigenvalue weighted by Crippen LogP contribution is -2.56. The third-order valence-corrected chi connectivity index (χ3v) is 8.47. The van der Waals surface area contributed by atoms with Crippen LogP contribution in [-0.2, 0) is 19.1 Å². The second-order valence-corrected chi connectivity index (χ2v) is 10.8. The van der Waals surface area contributed by atoms with Crippen molar-refractivity contribution in [3.63, 3.8) is 0 Å². The Morgan fingerprint density at radius 2 is 2.16 bits per heavy atom. The number of esters is 1. The number of methoxy groups -OCH3 is 1. The fourth-order valence-corrected chi connectivity index (χ4v) is 6.38. The molecule has 0 saturated carbocycles. The molecule has 3 aliphatic heterocycles. The number of nitrogens with one attached hydrogen (secondary N) is 1. The molecule has 1 aromatic carbocycles. The number of piperidine rings is 1. The zero-order valence-electron chi connectivity index (χ0n) is 22.0. The molecule has 0 aliphatic carbocycles. The van der Waals surface area contributed by atoms with Crippen molar-refractivity contribution in [1.29, 1.82) is 0 Å². The Hall–Kier alpha value is -3.15. The number of hydrogen-bond acceptors (Lipinski definition) is 9. The van der Waals surface area contributed by atoms with Crippen LogP contribution in [0.1, 0.15) is 35.5 Å². The van der Waals surface area contributed by atoms with Crippen LogP contribution in [0.4, 0.5) is 4.39 Å². The first-order valence-corrected chi connectivity index (χ1v) is 13.6. The fourth-order valence-electron chi connectivity index (χ4n) is 5.79. The number of nitrogens with zero attached hydrogens (tertiary/aromatic N) is 4. The van der Waals surface area contributed by atoms with Gasteiger partial charge in [0.05, 0.1) is 24.6 Å². The van der Waals surface area contributed by atoms with Crippen LogP contribution in [0, 0.1) is 18.7 Å². The summed E-state index contributed by atoms with van der Waals surface area (Å²) in [5.41, 5.74) is 1.37. The number of fused-ring (bicyclic) bond motifs is 1. The van der Waals surface area contributed by atoms with E-state index in [-0.39, 0.29) is 24.2 Å². The van der Waals surface area contributed by atoms with E-state index in [1.807, 2.05) is 5.38 Å². The van der Waals surface area contributed by atoms with Crippen LogP contribution in [0.25, 0.3) is 0 Å². The van der Waals surface area contributed by atoms with Gasteiger partial charge in [-0.1, -0.05) is 12.1 Å². The number of benzene rings is 1. The molecule has 0 spiro atoms. The van der Waals surface area contributed by atoms with Crippen LogP contribution in [0.5, 0.6) is 0 Å². The van der Waals surface area contributed by atoms with Crippen LogP contribution in [0.2, 0.25) is 0 Å². The van der Waals surface area contributed by atoms with Gasteiger partial charge in [-0.05, 0) is 44.0 Å². The van der Waals surface area contributed by atoms with Crippen LogP contribution in [0.3, 0.4) is 0 Å². The van der Waals surface area contributed by atoms with Crippen LogP contribution < -0.4 is 5.32 Å². The molecule has 1 unspecified atom stereocenters. The van der Waals surface area contributed by atoms with E-state index < -0.39 is 17.6 Å². The van der Waals surface area contributed by atoms with E-state index in [2.05, 4.69) is 15.2 Å². The summed E-state index contributed by atoms with van der Waals surface area (Å²) in [5, 5.41) is 5.88. The molecular weight excluding hydrogens is 509 g/mol. The Morgan fingerprint density at radius 3 is 2.87 bits per heavy atom. The van der Waals surface area contributed by atoms with Gasteiger partial charge in [0, 0.05) is 44.5 Å². The largest absolute Gasteiger partial charge is 0.463 e. The lowest BCUT2D eigenvalue weighted by Gasteiger charge is -2.42. The summed E-state index contributed by atoms with van der Waals surface area (Å²) in [5.74, 6) is -0.437. The van der Waals surface area contributed by atoms with Crippen molar-refractivity contribution in [3.8, 4) is 0 Å². The zero-order valence-corrected chi connectivity index (χ0v) is 22.8. The SMILES string of the molecule is CCOC(=O)C1=C(CN2CC[C@@H]3C(=O)N(C)C[C@]3(OC)C2)NC(c2nccs2)=NC1c1cccc(F)c1C. The van der Waals surface area contributed by atoms with E-state index in [9.17, 15) is 14.0 Å². The van der Waals surface area contributed by atoms with Crippen molar-refractivity contribution in [2.45, 2.75) is 31.9 Å². The van der Waals surface area contributed by atoms with Crippen molar-refractivity contribution in [3.05, 3.63) is 63.0 Å². The maximum Gasteiger partial charge on any atom is 0.338 e. The number of likely N-dealkylation sites (N-methyl/N-ethyl adjacent to an activating group) is 1. The molecule has 2 aromatic rings. The van der Waals surface area contributed by atoms with E-state index >= 15 is 0 Å². The first-order valence-electron chi connectivity index (χ1n) is 12.7. The lowest BCUT2D eigenvalue weighted by molar-refractivity contribution is -0.139. The van der Waals surface area contributed by atoms with Crippen LogP contribution >= 0.6 is 11.3 Å². The highest BCUT2D eigenvalue weighted by Gasteiger charge is 2.54. The van der Waals surface area contributed by atoms with Gasteiger partial charge in [-0.25, -0.2) is 14.2 Å².